The van der Waals surface area contributed by atoms with Crippen LogP contribution in [0.3, 0.4) is 0 Å². The van der Waals surface area contributed by atoms with E-state index in [2.05, 4.69) is 24.1 Å². The highest BCUT2D eigenvalue weighted by Gasteiger charge is 2.33. The minimum atomic E-state index is -0.596. The number of rotatable bonds is 5. The van der Waals surface area contributed by atoms with Crippen LogP contribution in [0.5, 0.6) is 0 Å². The molecule has 0 aromatic carbocycles. The van der Waals surface area contributed by atoms with E-state index in [0.717, 1.165) is 25.8 Å². The third kappa shape index (κ3) is 4.19. The van der Waals surface area contributed by atoms with Gasteiger partial charge in [-0.3, -0.25) is 4.79 Å². The third-order valence-electron chi connectivity index (χ3n) is 5.14. The molecule has 2 fully saturated rings. The summed E-state index contributed by atoms with van der Waals surface area (Å²) in [6.07, 6.45) is 6.70. The van der Waals surface area contributed by atoms with Gasteiger partial charge in [0.1, 0.15) is 0 Å². The molecule has 1 aliphatic carbocycles. The van der Waals surface area contributed by atoms with E-state index in [0.29, 0.717) is 18.0 Å². The summed E-state index contributed by atoms with van der Waals surface area (Å²) in [6, 6.07) is 1.22. The van der Waals surface area contributed by atoms with Crippen molar-refractivity contribution in [3.8, 4) is 0 Å². The molecule has 0 aromatic rings. The van der Waals surface area contributed by atoms with E-state index in [1.807, 2.05) is 0 Å². The van der Waals surface area contributed by atoms with Gasteiger partial charge in [0.25, 0.3) is 0 Å². The third-order valence-corrected chi connectivity index (χ3v) is 5.14. The fourth-order valence-electron chi connectivity index (χ4n) is 3.76. The fraction of sp³-hybridized carbons (Fsp3) is 0.938. The molecule has 0 bridgehead atoms. The predicted molar refractivity (Wildman–Crippen MR) is 80.8 cm³/mol. The molecule has 0 radical (unpaired) electrons. The lowest BCUT2D eigenvalue weighted by molar-refractivity contribution is -0.142. The Morgan fingerprint density at radius 3 is 2.70 bits per heavy atom. The molecule has 1 saturated heterocycles. The Balaban J connectivity index is 1.75. The number of aliphatic carboxylic acids is 1. The number of carboxylic acids is 1. The Kier molecular flexibility index (Phi) is 5.85. The molecule has 116 valence electrons. The minimum Gasteiger partial charge on any atom is -0.481 e. The van der Waals surface area contributed by atoms with Crippen LogP contribution in [0.2, 0.25) is 0 Å². The van der Waals surface area contributed by atoms with Crippen LogP contribution < -0.4 is 5.32 Å². The summed E-state index contributed by atoms with van der Waals surface area (Å²) in [5, 5.41) is 12.9. The van der Waals surface area contributed by atoms with Gasteiger partial charge in [-0.05, 0) is 71.5 Å². The van der Waals surface area contributed by atoms with Crippen molar-refractivity contribution >= 4 is 5.97 Å². The van der Waals surface area contributed by atoms with Crippen LogP contribution in [-0.4, -0.2) is 47.7 Å². The van der Waals surface area contributed by atoms with Crippen molar-refractivity contribution in [2.75, 3.05) is 19.6 Å². The lowest BCUT2D eigenvalue weighted by Gasteiger charge is -2.25. The van der Waals surface area contributed by atoms with Crippen molar-refractivity contribution in [3.63, 3.8) is 0 Å². The van der Waals surface area contributed by atoms with Gasteiger partial charge >= 0.3 is 5.97 Å². The molecular weight excluding hydrogens is 252 g/mol. The molecule has 20 heavy (non-hydrogen) atoms. The number of nitrogens with one attached hydrogen (secondary N) is 1. The number of carboxylic acid groups (broad SMARTS) is 1. The van der Waals surface area contributed by atoms with Crippen LogP contribution in [0.25, 0.3) is 0 Å². The van der Waals surface area contributed by atoms with Crippen LogP contribution in [0.15, 0.2) is 0 Å². The second kappa shape index (κ2) is 7.41. The van der Waals surface area contributed by atoms with Crippen molar-refractivity contribution in [2.45, 2.75) is 64.5 Å². The van der Waals surface area contributed by atoms with E-state index in [9.17, 15) is 9.90 Å². The van der Waals surface area contributed by atoms with E-state index in [-0.39, 0.29) is 5.92 Å². The van der Waals surface area contributed by atoms with Crippen LogP contribution in [0, 0.1) is 11.8 Å². The molecule has 4 nitrogen and oxygen atoms in total. The van der Waals surface area contributed by atoms with Crippen LogP contribution in [0.4, 0.5) is 0 Å². The molecule has 2 aliphatic rings. The van der Waals surface area contributed by atoms with Gasteiger partial charge < -0.3 is 15.3 Å². The van der Waals surface area contributed by atoms with Gasteiger partial charge in [-0.15, -0.1) is 0 Å². The molecule has 1 saturated carbocycles. The summed E-state index contributed by atoms with van der Waals surface area (Å²) in [6.45, 7) is 7.80. The molecule has 0 spiro atoms. The standard InChI is InChI=1S/C16H30N2O2/c1-12(2)18-9-4-6-14(8-10-18)17-11-13-5-3-7-15(13)16(19)20/h12-15,17H,3-11H2,1-2H3,(H,19,20). The first-order valence-corrected chi connectivity index (χ1v) is 8.28. The number of nitrogens with zero attached hydrogens (tertiary/aromatic N) is 1. The summed E-state index contributed by atoms with van der Waals surface area (Å²) in [4.78, 5) is 13.8. The molecule has 0 aromatic heterocycles. The van der Waals surface area contributed by atoms with E-state index in [1.54, 1.807) is 0 Å². The van der Waals surface area contributed by atoms with Crippen LogP contribution in [0.1, 0.15) is 52.4 Å². The molecule has 0 amide bonds. The quantitative estimate of drug-likeness (QED) is 0.812. The van der Waals surface area contributed by atoms with Gasteiger partial charge in [-0.25, -0.2) is 0 Å². The summed E-state index contributed by atoms with van der Waals surface area (Å²) in [7, 11) is 0. The Hall–Kier alpha value is -0.610. The molecule has 4 heteroatoms. The normalized spacial score (nSPS) is 32.5. The molecule has 1 aliphatic heterocycles. The van der Waals surface area contributed by atoms with Crippen molar-refractivity contribution in [1.82, 2.24) is 10.2 Å². The zero-order chi connectivity index (χ0) is 14.5. The molecule has 1 heterocycles. The Bertz CT molecular complexity index is 320. The van der Waals surface area contributed by atoms with Crippen LogP contribution >= 0.6 is 0 Å². The zero-order valence-corrected chi connectivity index (χ0v) is 13.0. The minimum absolute atomic E-state index is 0.111. The van der Waals surface area contributed by atoms with Gasteiger partial charge in [-0.2, -0.15) is 0 Å². The topological polar surface area (TPSA) is 52.6 Å². The van der Waals surface area contributed by atoms with E-state index in [4.69, 9.17) is 0 Å². The van der Waals surface area contributed by atoms with E-state index in [1.165, 1.54) is 32.4 Å². The Labute approximate surface area is 122 Å². The molecule has 2 rings (SSSR count). The average molecular weight is 282 g/mol. The van der Waals surface area contributed by atoms with Crippen molar-refractivity contribution in [3.05, 3.63) is 0 Å². The number of likely N-dealkylation sites (tertiary alicyclic amines) is 1. The van der Waals surface area contributed by atoms with Crippen molar-refractivity contribution in [1.29, 1.82) is 0 Å². The lowest BCUT2D eigenvalue weighted by atomic mass is 9.95. The van der Waals surface area contributed by atoms with Gasteiger partial charge in [0.2, 0.25) is 0 Å². The van der Waals surface area contributed by atoms with Gasteiger partial charge in [-0.1, -0.05) is 6.42 Å². The largest absolute Gasteiger partial charge is 0.481 e. The maximum absolute atomic E-state index is 11.2. The van der Waals surface area contributed by atoms with Gasteiger partial charge in [0, 0.05) is 12.1 Å². The van der Waals surface area contributed by atoms with Gasteiger partial charge in [0.15, 0.2) is 0 Å². The molecular formula is C16H30N2O2. The molecule has 2 N–H and O–H groups in total. The first-order chi connectivity index (χ1) is 9.58. The predicted octanol–water partition coefficient (Wildman–Crippen LogP) is 2.34. The first kappa shape index (κ1) is 15.8. The van der Waals surface area contributed by atoms with E-state index < -0.39 is 5.97 Å². The molecule has 3 atom stereocenters. The second-order valence-corrected chi connectivity index (χ2v) is 6.80. The van der Waals surface area contributed by atoms with Crippen LogP contribution in [-0.2, 0) is 4.79 Å². The first-order valence-electron chi connectivity index (χ1n) is 8.28. The number of hydrogen-bond donors (Lipinski definition) is 2. The lowest BCUT2D eigenvalue weighted by Crippen LogP contribution is -2.37. The highest BCUT2D eigenvalue weighted by Crippen LogP contribution is 2.31. The Morgan fingerprint density at radius 1 is 1.20 bits per heavy atom. The van der Waals surface area contributed by atoms with E-state index >= 15 is 0 Å². The summed E-state index contributed by atoms with van der Waals surface area (Å²) >= 11 is 0. The smallest absolute Gasteiger partial charge is 0.306 e. The maximum atomic E-state index is 11.2. The Morgan fingerprint density at radius 2 is 2.00 bits per heavy atom. The maximum Gasteiger partial charge on any atom is 0.306 e. The fourth-order valence-corrected chi connectivity index (χ4v) is 3.76. The highest BCUT2D eigenvalue weighted by atomic mass is 16.4. The summed E-state index contributed by atoms with van der Waals surface area (Å²) in [5.74, 6) is -0.362. The highest BCUT2D eigenvalue weighted by molar-refractivity contribution is 5.70. The SMILES string of the molecule is CC(C)N1CCCC(NCC2CCCC2C(=O)O)CC1. The monoisotopic (exact) mass is 282 g/mol. The second-order valence-electron chi connectivity index (χ2n) is 6.80. The molecule has 3 unspecified atom stereocenters. The summed E-state index contributed by atoms with van der Waals surface area (Å²) < 4.78 is 0. The van der Waals surface area contributed by atoms with Gasteiger partial charge in [0.05, 0.1) is 5.92 Å². The average Bonchev–Trinajstić information content (AvgIpc) is 2.74. The zero-order valence-electron chi connectivity index (χ0n) is 13.0. The number of hydrogen-bond acceptors (Lipinski definition) is 3. The summed E-state index contributed by atoms with van der Waals surface area (Å²) in [5.41, 5.74) is 0. The van der Waals surface area contributed by atoms with Crippen molar-refractivity contribution in [2.24, 2.45) is 11.8 Å². The van der Waals surface area contributed by atoms with Crippen molar-refractivity contribution < 1.29 is 9.90 Å². The number of carbonyl (C=O) groups is 1.